The van der Waals surface area contributed by atoms with Crippen molar-refractivity contribution in [3.63, 3.8) is 0 Å². The molecule has 0 saturated carbocycles. The Morgan fingerprint density at radius 3 is 2.22 bits per heavy atom. The van der Waals surface area contributed by atoms with Crippen molar-refractivity contribution in [2.24, 2.45) is 0 Å². The van der Waals surface area contributed by atoms with Crippen molar-refractivity contribution in [2.75, 3.05) is 32.7 Å². The van der Waals surface area contributed by atoms with E-state index in [1.54, 1.807) is 14.2 Å². The smallest absolute Gasteiger partial charge is 0.174 e. The van der Waals surface area contributed by atoms with Crippen LogP contribution in [-0.2, 0) is 6.42 Å². The van der Waals surface area contributed by atoms with Crippen molar-refractivity contribution in [3.05, 3.63) is 82.4 Å². The molecule has 0 spiro atoms. The molecular formula is C30H36N2O3S. The van der Waals surface area contributed by atoms with Crippen LogP contribution >= 0.6 is 12.2 Å². The number of rotatable bonds is 7. The van der Waals surface area contributed by atoms with Gasteiger partial charge in [-0.25, -0.2) is 0 Å². The number of fused-ring (bicyclic) bond motifs is 1. The highest BCUT2D eigenvalue weighted by Crippen LogP contribution is 2.39. The first-order chi connectivity index (χ1) is 17.3. The molecule has 6 heteroatoms. The number of nitrogens with zero attached hydrogens (tertiary/aromatic N) is 1. The van der Waals surface area contributed by atoms with Gasteiger partial charge in [-0.2, -0.15) is 0 Å². The summed E-state index contributed by atoms with van der Waals surface area (Å²) in [5.74, 6) is 2.78. The van der Waals surface area contributed by atoms with Crippen LogP contribution in [0, 0.1) is 13.8 Å². The Bertz CT molecular complexity index is 1200. The lowest BCUT2D eigenvalue weighted by Crippen LogP contribution is -2.44. The summed E-state index contributed by atoms with van der Waals surface area (Å²) in [6.45, 7) is 9.81. The van der Waals surface area contributed by atoms with Crippen molar-refractivity contribution in [2.45, 2.75) is 46.1 Å². The molecule has 3 aromatic carbocycles. The monoisotopic (exact) mass is 504 g/mol. The lowest BCUT2D eigenvalue weighted by Gasteiger charge is -2.39. The molecule has 0 amide bonds. The van der Waals surface area contributed by atoms with Crippen LogP contribution in [0.2, 0.25) is 0 Å². The number of benzene rings is 3. The van der Waals surface area contributed by atoms with E-state index < -0.39 is 0 Å². The van der Waals surface area contributed by atoms with Crippen LogP contribution in [0.5, 0.6) is 17.2 Å². The van der Waals surface area contributed by atoms with Crippen molar-refractivity contribution >= 4 is 23.0 Å². The summed E-state index contributed by atoms with van der Waals surface area (Å²) in [6, 6.07) is 18.8. The molecule has 1 aliphatic rings. The summed E-state index contributed by atoms with van der Waals surface area (Å²) in [7, 11) is 3.34. The SMILES string of the molecule is COc1cc2c(cc1OC)C(COc1ccc(C(C)C)cc1)N(C(=S)Nc1cc(C)cc(C)c1)CC2. The van der Waals surface area contributed by atoms with Crippen LogP contribution < -0.4 is 19.5 Å². The zero-order valence-corrected chi connectivity index (χ0v) is 22.9. The molecule has 0 fully saturated rings. The number of ether oxygens (including phenoxy) is 3. The van der Waals surface area contributed by atoms with E-state index in [0.29, 0.717) is 23.4 Å². The van der Waals surface area contributed by atoms with Crippen LogP contribution in [0.25, 0.3) is 0 Å². The quantitative estimate of drug-likeness (QED) is 0.356. The molecule has 190 valence electrons. The fourth-order valence-electron chi connectivity index (χ4n) is 4.82. The topological polar surface area (TPSA) is 43.0 Å². The summed E-state index contributed by atoms with van der Waals surface area (Å²) >= 11 is 5.94. The van der Waals surface area contributed by atoms with Crippen molar-refractivity contribution < 1.29 is 14.2 Å². The lowest BCUT2D eigenvalue weighted by molar-refractivity contribution is 0.190. The minimum absolute atomic E-state index is 0.0794. The Hall–Kier alpha value is -3.25. The van der Waals surface area contributed by atoms with Gasteiger partial charge in [0.05, 0.1) is 20.3 Å². The second-order valence-corrected chi connectivity index (χ2v) is 10.1. The van der Waals surface area contributed by atoms with Gasteiger partial charge in [0, 0.05) is 12.2 Å². The first kappa shape index (κ1) is 25.8. The van der Waals surface area contributed by atoms with Crippen LogP contribution in [0.4, 0.5) is 5.69 Å². The van der Waals surface area contributed by atoms with Crippen LogP contribution in [-0.4, -0.2) is 37.4 Å². The second kappa shape index (κ2) is 11.2. The van der Waals surface area contributed by atoms with Gasteiger partial charge >= 0.3 is 0 Å². The van der Waals surface area contributed by atoms with Crippen molar-refractivity contribution in [3.8, 4) is 17.2 Å². The maximum atomic E-state index is 6.33. The molecule has 0 aromatic heterocycles. The van der Waals surface area contributed by atoms with Crippen molar-refractivity contribution in [1.82, 2.24) is 4.90 Å². The summed E-state index contributed by atoms with van der Waals surface area (Å²) < 4.78 is 17.5. The number of thiocarbonyl (C=S) groups is 1. The maximum absolute atomic E-state index is 6.33. The van der Waals surface area contributed by atoms with Gasteiger partial charge in [-0.15, -0.1) is 0 Å². The van der Waals surface area contributed by atoms with Crippen LogP contribution in [0.1, 0.15) is 53.6 Å². The van der Waals surface area contributed by atoms with Gasteiger partial charge in [-0.05, 0) is 103 Å². The Morgan fingerprint density at radius 1 is 0.972 bits per heavy atom. The molecule has 1 heterocycles. The fraction of sp³-hybridized carbons (Fsp3) is 0.367. The van der Waals surface area contributed by atoms with E-state index in [4.69, 9.17) is 26.4 Å². The van der Waals surface area contributed by atoms with E-state index in [9.17, 15) is 0 Å². The van der Waals surface area contributed by atoms with E-state index in [0.717, 1.165) is 35.7 Å². The normalized spacial score (nSPS) is 14.9. The van der Waals surface area contributed by atoms with Gasteiger partial charge in [0.15, 0.2) is 16.6 Å². The molecule has 4 rings (SSSR count). The van der Waals surface area contributed by atoms with Crippen LogP contribution in [0.15, 0.2) is 54.6 Å². The highest BCUT2D eigenvalue weighted by atomic mass is 32.1. The molecule has 1 N–H and O–H groups in total. The Morgan fingerprint density at radius 2 is 1.61 bits per heavy atom. The van der Waals surface area contributed by atoms with Gasteiger partial charge in [0.1, 0.15) is 12.4 Å². The Labute approximate surface area is 220 Å². The zero-order valence-electron chi connectivity index (χ0n) is 22.1. The zero-order chi connectivity index (χ0) is 25.8. The highest BCUT2D eigenvalue weighted by Gasteiger charge is 2.31. The molecule has 0 radical (unpaired) electrons. The molecule has 3 aromatic rings. The predicted molar refractivity (Wildman–Crippen MR) is 151 cm³/mol. The first-order valence-corrected chi connectivity index (χ1v) is 12.8. The Kier molecular flexibility index (Phi) is 8.04. The number of hydrogen-bond acceptors (Lipinski definition) is 4. The number of methoxy groups -OCH3 is 2. The largest absolute Gasteiger partial charge is 0.493 e. The number of aryl methyl sites for hydroxylation is 2. The third-order valence-corrected chi connectivity index (χ3v) is 7.03. The summed E-state index contributed by atoms with van der Waals surface area (Å²) in [4.78, 5) is 2.23. The van der Waals surface area contributed by atoms with E-state index in [1.165, 1.54) is 22.3 Å². The standard InChI is InChI=1S/C30H36N2O3S/c1-19(2)22-7-9-25(10-8-22)35-18-27-26-17-29(34-6)28(33-5)16-23(26)11-12-32(27)30(36)31-24-14-20(3)13-21(4)15-24/h7-10,13-17,19,27H,11-12,18H2,1-6H3,(H,31,36). The maximum Gasteiger partial charge on any atom is 0.174 e. The molecule has 36 heavy (non-hydrogen) atoms. The number of nitrogens with one attached hydrogen (secondary N) is 1. The lowest BCUT2D eigenvalue weighted by atomic mass is 9.92. The van der Waals surface area contributed by atoms with Crippen LogP contribution in [0.3, 0.4) is 0 Å². The minimum atomic E-state index is -0.0794. The number of anilines is 1. The van der Waals surface area contributed by atoms with E-state index >= 15 is 0 Å². The second-order valence-electron chi connectivity index (χ2n) is 9.71. The predicted octanol–water partition coefficient (Wildman–Crippen LogP) is 6.82. The van der Waals surface area contributed by atoms with Gasteiger partial charge < -0.3 is 24.4 Å². The van der Waals surface area contributed by atoms with E-state index in [2.05, 4.69) is 80.4 Å². The highest BCUT2D eigenvalue weighted by molar-refractivity contribution is 7.80. The minimum Gasteiger partial charge on any atom is -0.493 e. The molecule has 0 saturated heterocycles. The fourth-order valence-corrected chi connectivity index (χ4v) is 5.15. The molecule has 0 bridgehead atoms. The van der Waals surface area contributed by atoms with Gasteiger partial charge in [0.25, 0.3) is 0 Å². The Balaban J connectivity index is 1.63. The summed E-state index contributed by atoms with van der Waals surface area (Å²) in [6.07, 6.45) is 0.851. The van der Waals surface area contributed by atoms with E-state index in [1.807, 2.05) is 12.1 Å². The average Bonchev–Trinajstić information content (AvgIpc) is 2.85. The molecule has 0 aliphatic carbocycles. The molecule has 5 nitrogen and oxygen atoms in total. The molecule has 1 unspecified atom stereocenters. The summed E-state index contributed by atoms with van der Waals surface area (Å²) in [5.41, 5.74) is 7.06. The van der Waals surface area contributed by atoms with E-state index in [-0.39, 0.29) is 6.04 Å². The first-order valence-electron chi connectivity index (χ1n) is 12.4. The third kappa shape index (κ3) is 5.76. The average molecular weight is 505 g/mol. The molecule has 1 aliphatic heterocycles. The third-order valence-electron chi connectivity index (χ3n) is 6.69. The van der Waals surface area contributed by atoms with Gasteiger partial charge in [-0.1, -0.05) is 32.0 Å². The van der Waals surface area contributed by atoms with Gasteiger partial charge in [0.2, 0.25) is 0 Å². The number of hydrogen-bond donors (Lipinski definition) is 1. The van der Waals surface area contributed by atoms with Crippen molar-refractivity contribution in [1.29, 1.82) is 0 Å². The van der Waals surface area contributed by atoms with Gasteiger partial charge in [-0.3, -0.25) is 0 Å². The molecule has 1 atom stereocenters. The summed E-state index contributed by atoms with van der Waals surface area (Å²) in [5, 5.41) is 4.15. The molecular weight excluding hydrogens is 468 g/mol.